The lowest BCUT2D eigenvalue weighted by Crippen LogP contribution is -2.27. The fraction of sp³-hybridized carbons (Fsp3) is 0.263. The Morgan fingerprint density at radius 1 is 1.00 bits per heavy atom. The molecule has 1 aliphatic heterocycles. The second kappa shape index (κ2) is 6.95. The molecule has 5 nitrogen and oxygen atoms in total. The van der Waals surface area contributed by atoms with Gasteiger partial charge in [0.05, 0.1) is 10.4 Å². The van der Waals surface area contributed by atoms with Gasteiger partial charge in [0.1, 0.15) is 0 Å². The number of benzene rings is 2. The van der Waals surface area contributed by atoms with Gasteiger partial charge in [-0.15, -0.1) is 0 Å². The van der Waals surface area contributed by atoms with Gasteiger partial charge in [-0.25, -0.2) is 12.4 Å². The summed E-state index contributed by atoms with van der Waals surface area (Å²) in [5.41, 5.74) is 1.76. The maximum absolute atomic E-state index is 13.1. The highest BCUT2D eigenvalue weighted by molar-refractivity contribution is 7.90. The van der Waals surface area contributed by atoms with Crippen LogP contribution in [0, 0.1) is 0 Å². The van der Waals surface area contributed by atoms with Crippen molar-refractivity contribution < 1.29 is 8.42 Å². The summed E-state index contributed by atoms with van der Waals surface area (Å²) in [4.78, 5) is 2.51. The van der Waals surface area contributed by atoms with Crippen LogP contribution in [0.3, 0.4) is 0 Å². The molecular formula is C19H20ClN3O2S. The lowest BCUT2D eigenvalue weighted by molar-refractivity contribution is 0.589. The van der Waals surface area contributed by atoms with Gasteiger partial charge >= 0.3 is 0 Å². The van der Waals surface area contributed by atoms with E-state index in [1.165, 1.54) is 10.0 Å². The Hall–Kier alpha value is -2.02. The highest BCUT2D eigenvalue weighted by Crippen LogP contribution is 2.31. The van der Waals surface area contributed by atoms with Gasteiger partial charge in [-0.05, 0) is 49.4 Å². The van der Waals surface area contributed by atoms with Gasteiger partial charge in [-0.1, -0.05) is 23.7 Å². The third kappa shape index (κ3) is 3.09. The van der Waals surface area contributed by atoms with E-state index in [2.05, 4.69) is 16.3 Å². The summed E-state index contributed by atoms with van der Waals surface area (Å²) in [6, 6.07) is 14.1. The van der Waals surface area contributed by atoms with Gasteiger partial charge in [0.15, 0.2) is 0 Å². The highest BCUT2D eigenvalue weighted by atomic mass is 35.5. The Morgan fingerprint density at radius 3 is 2.69 bits per heavy atom. The lowest BCUT2D eigenvalue weighted by Gasteiger charge is -2.23. The molecule has 7 heteroatoms. The van der Waals surface area contributed by atoms with Gasteiger partial charge < -0.3 is 10.2 Å². The fourth-order valence-corrected chi connectivity index (χ4v) is 5.09. The average Bonchev–Trinajstić information content (AvgIpc) is 2.90. The molecule has 1 N–H and O–H groups in total. The Kier molecular flexibility index (Phi) is 4.65. The smallest absolute Gasteiger partial charge is 0.268 e. The Bertz CT molecular complexity index is 1040. The molecule has 1 aliphatic rings. The lowest BCUT2D eigenvalue weighted by atomic mass is 10.2. The summed E-state index contributed by atoms with van der Waals surface area (Å²) in [6.45, 7) is 3.80. The second-order valence-corrected chi connectivity index (χ2v) is 8.63. The van der Waals surface area contributed by atoms with E-state index in [-0.39, 0.29) is 4.90 Å². The molecule has 26 heavy (non-hydrogen) atoms. The molecule has 3 aromatic rings. The van der Waals surface area contributed by atoms with Crippen LogP contribution in [0.25, 0.3) is 10.9 Å². The van der Waals surface area contributed by atoms with Crippen LogP contribution in [0.15, 0.2) is 59.6 Å². The molecule has 2 aromatic carbocycles. The summed E-state index contributed by atoms with van der Waals surface area (Å²) in [6.07, 6.45) is 2.69. The predicted molar refractivity (Wildman–Crippen MR) is 106 cm³/mol. The third-order valence-corrected chi connectivity index (χ3v) is 6.63. The summed E-state index contributed by atoms with van der Waals surface area (Å²) in [7, 11) is -3.70. The van der Waals surface area contributed by atoms with Crippen molar-refractivity contribution in [2.75, 3.05) is 31.1 Å². The van der Waals surface area contributed by atoms with Crippen molar-refractivity contribution >= 4 is 38.2 Å². The molecular weight excluding hydrogens is 370 g/mol. The minimum absolute atomic E-state index is 0.187. The van der Waals surface area contributed by atoms with Gasteiger partial charge in [-0.2, -0.15) is 0 Å². The van der Waals surface area contributed by atoms with Crippen molar-refractivity contribution in [1.29, 1.82) is 0 Å². The largest absolute Gasteiger partial charge is 0.370 e. The fourth-order valence-electron chi connectivity index (χ4n) is 3.44. The molecule has 136 valence electrons. The van der Waals surface area contributed by atoms with Gasteiger partial charge in [0.2, 0.25) is 0 Å². The monoisotopic (exact) mass is 389 g/mol. The molecule has 1 fully saturated rings. The van der Waals surface area contributed by atoms with Crippen LogP contribution >= 0.6 is 11.6 Å². The molecule has 2 heterocycles. The Morgan fingerprint density at radius 2 is 1.85 bits per heavy atom. The molecule has 0 saturated carbocycles. The second-order valence-electron chi connectivity index (χ2n) is 6.37. The number of hydrogen-bond acceptors (Lipinski definition) is 4. The number of nitrogens with one attached hydrogen (secondary N) is 1. The van der Waals surface area contributed by atoms with E-state index < -0.39 is 10.0 Å². The van der Waals surface area contributed by atoms with Gasteiger partial charge in [0.25, 0.3) is 10.0 Å². The minimum atomic E-state index is -3.70. The van der Waals surface area contributed by atoms with E-state index in [0.29, 0.717) is 10.5 Å². The number of rotatable bonds is 3. The summed E-state index contributed by atoms with van der Waals surface area (Å²) < 4.78 is 27.5. The molecule has 0 spiro atoms. The average molecular weight is 390 g/mol. The summed E-state index contributed by atoms with van der Waals surface area (Å²) >= 11 is 5.99. The van der Waals surface area contributed by atoms with E-state index in [9.17, 15) is 8.42 Å². The number of nitrogens with zero attached hydrogens (tertiary/aromatic N) is 2. The molecule has 0 bridgehead atoms. The number of hydrogen-bond donors (Lipinski definition) is 1. The number of halogens is 1. The van der Waals surface area contributed by atoms with Crippen molar-refractivity contribution in [2.24, 2.45) is 0 Å². The van der Waals surface area contributed by atoms with Crippen molar-refractivity contribution in [1.82, 2.24) is 9.29 Å². The van der Waals surface area contributed by atoms with Gasteiger partial charge in [0, 0.05) is 41.9 Å². The van der Waals surface area contributed by atoms with Gasteiger partial charge in [-0.3, -0.25) is 0 Å². The van der Waals surface area contributed by atoms with Crippen LogP contribution in [-0.2, 0) is 10.0 Å². The van der Waals surface area contributed by atoms with E-state index in [1.54, 1.807) is 24.4 Å². The maximum atomic E-state index is 13.1. The highest BCUT2D eigenvalue weighted by Gasteiger charge is 2.21. The molecule has 1 saturated heterocycles. The van der Waals surface area contributed by atoms with Crippen LogP contribution in [0.1, 0.15) is 6.42 Å². The third-order valence-electron chi connectivity index (χ3n) is 4.71. The first-order valence-corrected chi connectivity index (χ1v) is 10.5. The predicted octanol–water partition coefficient (Wildman–Crippen LogP) is 3.33. The maximum Gasteiger partial charge on any atom is 0.268 e. The van der Waals surface area contributed by atoms with Crippen LogP contribution in [0.5, 0.6) is 0 Å². The molecule has 1 aromatic heterocycles. The molecule has 0 aliphatic carbocycles. The van der Waals surface area contributed by atoms with Crippen LogP contribution < -0.4 is 10.2 Å². The van der Waals surface area contributed by atoms with Crippen molar-refractivity contribution in [3.63, 3.8) is 0 Å². The summed E-state index contributed by atoms with van der Waals surface area (Å²) in [5, 5.41) is 4.74. The first-order valence-electron chi connectivity index (χ1n) is 8.64. The van der Waals surface area contributed by atoms with E-state index >= 15 is 0 Å². The zero-order valence-corrected chi connectivity index (χ0v) is 15.8. The Balaban J connectivity index is 1.82. The van der Waals surface area contributed by atoms with E-state index in [0.717, 1.165) is 43.7 Å². The van der Waals surface area contributed by atoms with Crippen LogP contribution in [0.2, 0.25) is 5.02 Å². The van der Waals surface area contributed by atoms with Crippen molar-refractivity contribution in [3.8, 4) is 0 Å². The molecule has 0 atom stereocenters. The summed E-state index contributed by atoms with van der Waals surface area (Å²) in [5.74, 6) is 0. The minimum Gasteiger partial charge on any atom is -0.370 e. The molecule has 0 radical (unpaired) electrons. The zero-order valence-electron chi connectivity index (χ0n) is 14.2. The number of fused-ring (bicyclic) bond motifs is 1. The first-order chi connectivity index (χ1) is 12.6. The van der Waals surface area contributed by atoms with E-state index in [1.807, 2.05) is 18.2 Å². The van der Waals surface area contributed by atoms with Crippen LogP contribution in [0.4, 0.5) is 5.69 Å². The number of anilines is 1. The normalized spacial score (nSPS) is 16.0. The quantitative estimate of drug-likeness (QED) is 0.746. The first kappa shape index (κ1) is 17.4. The zero-order chi connectivity index (χ0) is 18.1. The standard InChI is InChI=1S/C19H20ClN3O2S/c20-15-4-1-5-16(14-15)26(24,25)23-12-8-17-18(6-2-7-19(17)23)22-11-3-9-21-10-13-22/h1-2,4-8,12,14,21H,3,9-11,13H2. The Labute approximate surface area is 158 Å². The van der Waals surface area contributed by atoms with Crippen molar-refractivity contribution in [2.45, 2.75) is 11.3 Å². The molecule has 4 rings (SSSR count). The molecule has 0 unspecified atom stereocenters. The molecule has 0 amide bonds. The van der Waals surface area contributed by atoms with Crippen LogP contribution in [-0.4, -0.2) is 38.6 Å². The topological polar surface area (TPSA) is 54.3 Å². The SMILES string of the molecule is O=S(=O)(c1cccc(Cl)c1)n1ccc2c(N3CCCNCC3)cccc21. The van der Waals surface area contributed by atoms with Crippen molar-refractivity contribution in [3.05, 3.63) is 59.8 Å². The number of aromatic nitrogens is 1. The van der Waals surface area contributed by atoms with E-state index in [4.69, 9.17) is 11.6 Å².